The molecule has 2 heterocycles. The molecule has 0 spiro atoms. The molecule has 0 aliphatic carbocycles. The molecule has 20 heavy (non-hydrogen) atoms. The van der Waals surface area contributed by atoms with Crippen LogP contribution in [0, 0.1) is 0 Å². The summed E-state index contributed by atoms with van der Waals surface area (Å²) in [5.41, 5.74) is 2.25. The first-order valence-electron chi connectivity index (χ1n) is 5.65. The fourth-order valence-corrected chi connectivity index (χ4v) is 2.92. The molecule has 2 rings (SSSR count). The Bertz CT molecular complexity index is 650. The summed E-state index contributed by atoms with van der Waals surface area (Å²) in [7, 11) is 1.78. The van der Waals surface area contributed by atoms with Gasteiger partial charge in [0.05, 0.1) is 12.1 Å². The molecule has 3 N–H and O–H groups in total. The molecule has 6 nitrogen and oxygen atoms in total. The summed E-state index contributed by atoms with van der Waals surface area (Å²) in [6.45, 7) is 0.257. The van der Waals surface area contributed by atoms with E-state index in [0.29, 0.717) is 5.69 Å². The molecular formula is C12H12ClN3O3S. The summed E-state index contributed by atoms with van der Waals surface area (Å²) in [6, 6.07) is 5.02. The Morgan fingerprint density at radius 3 is 2.80 bits per heavy atom. The number of nitrogens with one attached hydrogen (secondary N) is 2. The van der Waals surface area contributed by atoms with Crippen molar-refractivity contribution in [1.82, 2.24) is 15.4 Å². The van der Waals surface area contributed by atoms with E-state index >= 15 is 0 Å². The average molecular weight is 314 g/mol. The first-order chi connectivity index (χ1) is 9.52. The summed E-state index contributed by atoms with van der Waals surface area (Å²) in [4.78, 5) is 23.9. The number of halogens is 1. The van der Waals surface area contributed by atoms with Gasteiger partial charge in [0, 0.05) is 18.1 Å². The van der Waals surface area contributed by atoms with E-state index in [1.54, 1.807) is 29.9 Å². The van der Waals surface area contributed by atoms with Gasteiger partial charge in [0.15, 0.2) is 0 Å². The molecule has 0 aliphatic rings. The van der Waals surface area contributed by atoms with Crippen LogP contribution in [-0.2, 0) is 13.6 Å². The Labute approximate surface area is 123 Å². The number of aromatic nitrogens is 1. The maximum Gasteiger partial charge on any atom is 0.277 e. The number of hydrogen-bond donors (Lipinski definition) is 3. The summed E-state index contributed by atoms with van der Waals surface area (Å²) in [5.74, 6) is -0.888. The van der Waals surface area contributed by atoms with Crippen LogP contribution >= 0.6 is 22.9 Å². The van der Waals surface area contributed by atoms with Crippen molar-refractivity contribution < 1.29 is 14.8 Å². The van der Waals surface area contributed by atoms with E-state index in [-0.39, 0.29) is 22.4 Å². The average Bonchev–Trinajstić information content (AvgIpc) is 3.01. The molecule has 2 amide bonds. The highest BCUT2D eigenvalue weighted by atomic mass is 35.5. The number of hydroxylamine groups is 1. The van der Waals surface area contributed by atoms with Gasteiger partial charge in [-0.2, -0.15) is 0 Å². The molecule has 0 saturated carbocycles. The Hall–Kier alpha value is -1.83. The predicted molar refractivity (Wildman–Crippen MR) is 75.2 cm³/mol. The van der Waals surface area contributed by atoms with E-state index < -0.39 is 5.91 Å². The second-order valence-electron chi connectivity index (χ2n) is 4.03. The number of nitrogens with zero attached hydrogens (tertiary/aromatic N) is 1. The molecule has 2 aromatic rings. The number of thiophene rings is 1. The largest absolute Gasteiger partial charge is 0.347 e. The Morgan fingerprint density at radius 2 is 2.20 bits per heavy atom. The van der Waals surface area contributed by atoms with Crippen molar-refractivity contribution in [3.8, 4) is 0 Å². The lowest BCUT2D eigenvalue weighted by Crippen LogP contribution is -2.24. The standard InChI is InChI=1S/C12H12ClN3O3S/c1-16-4-2-3-9(16)12(18)14-6-7-5-8(10(13)20-7)11(17)15-19/h2-5,19H,6H2,1H3,(H,14,18)(H,15,17). The van der Waals surface area contributed by atoms with Gasteiger partial charge in [-0.25, -0.2) is 5.48 Å². The second-order valence-corrected chi connectivity index (χ2v) is 5.77. The Morgan fingerprint density at radius 1 is 1.45 bits per heavy atom. The summed E-state index contributed by atoms with van der Waals surface area (Å²) >= 11 is 7.06. The zero-order valence-corrected chi connectivity index (χ0v) is 12.1. The molecular weight excluding hydrogens is 302 g/mol. The number of rotatable bonds is 4. The first-order valence-corrected chi connectivity index (χ1v) is 6.84. The lowest BCUT2D eigenvalue weighted by Gasteiger charge is -2.04. The highest BCUT2D eigenvalue weighted by molar-refractivity contribution is 7.16. The molecule has 0 radical (unpaired) electrons. The SMILES string of the molecule is Cn1cccc1C(=O)NCc1cc(C(=O)NO)c(Cl)s1. The fraction of sp³-hybridized carbons (Fsp3) is 0.167. The van der Waals surface area contributed by atoms with Crippen molar-refractivity contribution in [1.29, 1.82) is 0 Å². The van der Waals surface area contributed by atoms with E-state index in [1.165, 1.54) is 22.9 Å². The zero-order valence-electron chi connectivity index (χ0n) is 10.5. The molecule has 0 fully saturated rings. The number of aryl methyl sites for hydroxylation is 1. The van der Waals surface area contributed by atoms with Crippen molar-refractivity contribution >= 4 is 34.8 Å². The highest BCUT2D eigenvalue weighted by Gasteiger charge is 2.15. The Balaban J connectivity index is 2.03. The van der Waals surface area contributed by atoms with E-state index in [0.717, 1.165) is 4.88 Å². The Kier molecular flexibility index (Phi) is 4.43. The molecule has 0 aliphatic heterocycles. The van der Waals surface area contributed by atoms with Crippen LogP contribution in [0.4, 0.5) is 0 Å². The lowest BCUT2D eigenvalue weighted by molar-refractivity contribution is 0.0707. The van der Waals surface area contributed by atoms with Gasteiger partial charge >= 0.3 is 0 Å². The monoisotopic (exact) mass is 313 g/mol. The van der Waals surface area contributed by atoms with E-state index in [1.807, 2.05) is 0 Å². The van der Waals surface area contributed by atoms with E-state index in [4.69, 9.17) is 16.8 Å². The maximum absolute atomic E-state index is 11.9. The van der Waals surface area contributed by atoms with Gasteiger partial charge < -0.3 is 9.88 Å². The smallest absolute Gasteiger partial charge is 0.277 e. The van der Waals surface area contributed by atoms with Gasteiger partial charge in [0.2, 0.25) is 0 Å². The number of amides is 2. The van der Waals surface area contributed by atoms with Crippen LogP contribution < -0.4 is 10.8 Å². The number of carbonyl (C=O) groups is 2. The molecule has 0 unspecified atom stereocenters. The van der Waals surface area contributed by atoms with E-state index in [9.17, 15) is 9.59 Å². The van der Waals surface area contributed by atoms with Crippen LogP contribution in [0.1, 0.15) is 25.7 Å². The molecule has 0 atom stereocenters. The van der Waals surface area contributed by atoms with Crippen molar-refractivity contribution in [2.24, 2.45) is 7.05 Å². The summed E-state index contributed by atoms with van der Waals surface area (Å²) < 4.78 is 1.97. The van der Waals surface area contributed by atoms with Crippen LogP contribution in [0.3, 0.4) is 0 Å². The van der Waals surface area contributed by atoms with Gasteiger partial charge in [-0.1, -0.05) is 11.6 Å². The second kappa shape index (κ2) is 6.08. The third-order valence-corrected chi connectivity index (χ3v) is 4.04. The van der Waals surface area contributed by atoms with Gasteiger partial charge in [-0.15, -0.1) is 11.3 Å². The molecule has 106 valence electrons. The van der Waals surface area contributed by atoms with Crippen molar-refractivity contribution in [2.45, 2.75) is 6.54 Å². The van der Waals surface area contributed by atoms with Crippen molar-refractivity contribution in [3.05, 3.63) is 44.9 Å². The minimum atomic E-state index is -0.675. The minimum absolute atomic E-state index is 0.183. The quantitative estimate of drug-likeness (QED) is 0.594. The topological polar surface area (TPSA) is 83.4 Å². The molecule has 0 bridgehead atoms. The van der Waals surface area contributed by atoms with Crippen LogP contribution in [0.25, 0.3) is 0 Å². The first kappa shape index (κ1) is 14.6. The van der Waals surface area contributed by atoms with Gasteiger partial charge in [0.1, 0.15) is 10.0 Å². The van der Waals surface area contributed by atoms with Crippen molar-refractivity contribution in [3.63, 3.8) is 0 Å². The molecule has 8 heteroatoms. The minimum Gasteiger partial charge on any atom is -0.347 e. The van der Waals surface area contributed by atoms with Crippen LogP contribution in [0.5, 0.6) is 0 Å². The van der Waals surface area contributed by atoms with Gasteiger partial charge in [0.25, 0.3) is 11.8 Å². The zero-order chi connectivity index (χ0) is 14.7. The molecule has 2 aromatic heterocycles. The summed E-state index contributed by atoms with van der Waals surface area (Å²) in [6.07, 6.45) is 1.78. The maximum atomic E-state index is 11.9. The summed E-state index contributed by atoms with van der Waals surface area (Å²) in [5, 5.41) is 11.3. The lowest BCUT2D eigenvalue weighted by atomic mass is 10.3. The normalized spacial score (nSPS) is 10.3. The molecule has 0 saturated heterocycles. The van der Waals surface area contributed by atoms with Gasteiger partial charge in [-0.05, 0) is 18.2 Å². The fourth-order valence-electron chi connectivity index (χ4n) is 1.67. The van der Waals surface area contributed by atoms with E-state index in [2.05, 4.69) is 5.32 Å². The molecule has 0 aromatic carbocycles. The number of hydrogen-bond acceptors (Lipinski definition) is 4. The third kappa shape index (κ3) is 3.01. The third-order valence-electron chi connectivity index (χ3n) is 2.68. The predicted octanol–water partition coefficient (Wildman–Crippen LogP) is 1.79. The van der Waals surface area contributed by atoms with Gasteiger partial charge in [-0.3, -0.25) is 14.8 Å². The van der Waals surface area contributed by atoms with Crippen molar-refractivity contribution in [2.75, 3.05) is 0 Å². The highest BCUT2D eigenvalue weighted by Crippen LogP contribution is 2.27. The van der Waals surface area contributed by atoms with Crippen LogP contribution in [-0.4, -0.2) is 21.6 Å². The van der Waals surface area contributed by atoms with Crippen LogP contribution in [0.15, 0.2) is 24.4 Å². The number of carbonyl (C=O) groups excluding carboxylic acids is 2. The van der Waals surface area contributed by atoms with Crippen LogP contribution in [0.2, 0.25) is 4.34 Å².